The molecule has 0 heterocycles. The highest BCUT2D eigenvalue weighted by Crippen LogP contribution is 2.38. The van der Waals surface area contributed by atoms with Gasteiger partial charge in [-0.1, -0.05) is 53.7 Å². The molecule has 12 heavy (non-hydrogen) atoms. The predicted octanol–water partition coefficient (Wildman–Crippen LogP) is 4.42. The van der Waals surface area contributed by atoms with Crippen molar-refractivity contribution in [2.45, 2.75) is 54.4 Å². The Morgan fingerprint density at radius 2 is 1.50 bits per heavy atom. The Bertz CT molecular complexity index is 155. The van der Waals surface area contributed by atoms with Crippen molar-refractivity contribution in [3.8, 4) is 0 Å². The van der Waals surface area contributed by atoms with E-state index in [0.717, 1.165) is 6.42 Å². The fraction of sp³-hybridized carbons (Fsp3) is 0.833. The fourth-order valence-electron chi connectivity index (χ4n) is 1.93. The van der Waals surface area contributed by atoms with Crippen molar-refractivity contribution in [2.24, 2.45) is 10.8 Å². The Balaban J connectivity index is 4.32. The molecule has 0 nitrogen and oxygen atoms in total. The second kappa shape index (κ2) is 3.64. The third-order valence-corrected chi connectivity index (χ3v) is 2.36. The third-order valence-electron chi connectivity index (χ3n) is 2.36. The molecule has 0 fully saturated rings. The molecule has 0 heteroatoms. The third kappa shape index (κ3) is 3.94. The largest absolute Gasteiger partial charge is 0.0993 e. The van der Waals surface area contributed by atoms with Crippen LogP contribution in [0.3, 0.4) is 0 Å². The van der Waals surface area contributed by atoms with Crippen molar-refractivity contribution >= 4 is 0 Å². The van der Waals surface area contributed by atoms with Gasteiger partial charge in [0, 0.05) is 0 Å². The summed E-state index contributed by atoms with van der Waals surface area (Å²) in [6.45, 7) is 17.8. The molecular formula is C12H24. The zero-order valence-electron chi connectivity index (χ0n) is 9.62. The number of allylic oxidation sites excluding steroid dienone is 1. The Labute approximate surface area is 78.1 Å². The monoisotopic (exact) mass is 168 g/mol. The van der Waals surface area contributed by atoms with Crippen molar-refractivity contribution in [3.63, 3.8) is 0 Å². The summed E-state index contributed by atoms with van der Waals surface area (Å²) in [5.41, 5.74) is 2.08. The lowest BCUT2D eigenvalue weighted by molar-refractivity contribution is 0.246. The van der Waals surface area contributed by atoms with Crippen molar-refractivity contribution in [1.29, 1.82) is 0 Å². The maximum atomic E-state index is 4.13. The van der Waals surface area contributed by atoms with Crippen LogP contribution in [0.25, 0.3) is 0 Å². The summed E-state index contributed by atoms with van der Waals surface area (Å²) in [6, 6.07) is 0. The Morgan fingerprint density at radius 3 is 1.75 bits per heavy atom. The number of hydrogen-bond acceptors (Lipinski definition) is 0. The van der Waals surface area contributed by atoms with Crippen LogP contribution < -0.4 is 0 Å². The Morgan fingerprint density at radius 1 is 1.08 bits per heavy atom. The van der Waals surface area contributed by atoms with Gasteiger partial charge in [-0.05, 0) is 23.7 Å². The molecule has 0 N–H and O–H groups in total. The van der Waals surface area contributed by atoms with Crippen molar-refractivity contribution in [2.75, 3.05) is 0 Å². The van der Waals surface area contributed by atoms with Crippen LogP contribution in [-0.2, 0) is 0 Å². The standard InChI is InChI=1S/C12H24/c1-8-10(2)12(6,7)9-11(3,4)5/h2,8-9H2,1,3-7H3. The van der Waals surface area contributed by atoms with Crippen LogP contribution in [0.5, 0.6) is 0 Å². The van der Waals surface area contributed by atoms with Crippen LogP contribution in [0.1, 0.15) is 54.4 Å². The minimum Gasteiger partial charge on any atom is -0.0993 e. The van der Waals surface area contributed by atoms with E-state index in [-0.39, 0.29) is 0 Å². The smallest absolute Gasteiger partial charge is 0.0143 e. The highest BCUT2D eigenvalue weighted by Gasteiger charge is 2.26. The second-order valence-electron chi connectivity index (χ2n) is 5.58. The molecule has 0 radical (unpaired) electrons. The van der Waals surface area contributed by atoms with Crippen LogP contribution in [0, 0.1) is 10.8 Å². The fourth-order valence-corrected chi connectivity index (χ4v) is 1.93. The Kier molecular flexibility index (Phi) is 3.56. The molecular weight excluding hydrogens is 144 g/mol. The first-order valence-electron chi connectivity index (χ1n) is 4.87. The average Bonchev–Trinajstić information content (AvgIpc) is 1.80. The molecule has 0 aromatic heterocycles. The van der Waals surface area contributed by atoms with E-state index in [0.29, 0.717) is 10.8 Å². The minimum atomic E-state index is 0.299. The molecule has 72 valence electrons. The van der Waals surface area contributed by atoms with Gasteiger partial charge in [0.2, 0.25) is 0 Å². The summed E-state index contributed by atoms with van der Waals surface area (Å²) < 4.78 is 0. The molecule has 0 saturated heterocycles. The summed E-state index contributed by atoms with van der Waals surface area (Å²) in [5.74, 6) is 0. The summed E-state index contributed by atoms with van der Waals surface area (Å²) >= 11 is 0. The van der Waals surface area contributed by atoms with Gasteiger partial charge in [-0.2, -0.15) is 0 Å². The van der Waals surface area contributed by atoms with E-state index in [1.165, 1.54) is 12.0 Å². The first-order valence-corrected chi connectivity index (χ1v) is 4.87. The molecule has 0 spiro atoms. The van der Waals surface area contributed by atoms with Gasteiger partial charge in [0.25, 0.3) is 0 Å². The molecule has 0 aromatic carbocycles. The van der Waals surface area contributed by atoms with Gasteiger partial charge in [-0.25, -0.2) is 0 Å². The lowest BCUT2D eigenvalue weighted by atomic mass is 9.72. The van der Waals surface area contributed by atoms with E-state index >= 15 is 0 Å². The van der Waals surface area contributed by atoms with E-state index in [1.807, 2.05) is 0 Å². The molecule has 0 aliphatic carbocycles. The van der Waals surface area contributed by atoms with Gasteiger partial charge in [-0.3, -0.25) is 0 Å². The van der Waals surface area contributed by atoms with Crippen molar-refractivity contribution < 1.29 is 0 Å². The molecule has 0 aliphatic rings. The van der Waals surface area contributed by atoms with E-state index in [2.05, 4.69) is 48.1 Å². The van der Waals surface area contributed by atoms with Crippen molar-refractivity contribution in [1.82, 2.24) is 0 Å². The zero-order valence-corrected chi connectivity index (χ0v) is 9.62. The molecule has 0 saturated carbocycles. The van der Waals surface area contributed by atoms with Crippen LogP contribution >= 0.6 is 0 Å². The van der Waals surface area contributed by atoms with Gasteiger partial charge < -0.3 is 0 Å². The van der Waals surface area contributed by atoms with Gasteiger partial charge in [-0.15, -0.1) is 0 Å². The lowest BCUT2D eigenvalue weighted by Crippen LogP contribution is -2.22. The van der Waals surface area contributed by atoms with E-state index in [9.17, 15) is 0 Å². The molecule has 0 aliphatic heterocycles. The van der Waals surface area contributed by atoms with Crippen molar-refractivity contribution in [3.05, 3.63) is 12.2 Å². The van der Waals surface area contributed by atoms with Crippen LogP contribution in [0.4, 0.5) is 0 Å². The zero-order chi connectivity index (χ0) is 9.99. The van der Waals surface area contributed by atoms with Crippen LogP contribution in [0.2, 0.25) is 0 Å². The highest BCUT2D eigenvalue weighted by atomic mass is 14.3. The normalized spacial score (nSPS) is 13.2. The average molecular weight is 168 g/mol. The summed E-state index contributed by atoms with van der Waals surface area (Å²) in [6.07, 6.45) is 2.32. The molecule has 0 rings (SSSR count). The summed E-state index contributed by atoms with van der Waals surface area (Å²) in [5, 5.41) is 0. The molecule has 0 amide bonds. The first-order chi connectivity index (χ1) is 5.19. The SMILES string of the molecule is C=C(CC)C(C)(C)CC(C)(C)C. The van der Waals surface area contributed by atoms with Crippen LogP contribution in [-0.4, -0.2) is 0 Å². The first kappa shape index (κ1) is 11.7. The Hall–Kier alpha value is -0.260. The van der Waals surface area contributed by atoms with Gasteiger partial charge in [0.1, 0.15) is 0 Å². The topological polar surface area (TPSA) is 0 Å². The maximum Gasteiger partial charge on any atom is -0.0143 e. The van der Waals surface area contributed by atoms with Gasteiger partial charge >= 0.3 is 0 Å². The number of hydrogen-bond donors (Lipinski definition) is 0. The molecule has 0 aromatic rings. The van der Waals surface area contributed by atoms with Gasteiger partial charge in [0.05, 0.1) is 0 Å². The lowest BCUT2D eigenvalue weighted by Gasteiger charge is -2.34. The molecule has 0 atom stereocenters. The van der Waals surface area contributed by atoms with E-state index in [1.54, 1.807) is 0 Å². The van der Waals surface area contributed by atoms with Crippen LogP contribution in [0.15, 0.2) is 12.2 Å². The van der Waals surface area contributed by atoms with Gasteiger partial charge in [0.15, 0.2) is 0 Å². The summed E-state index contributed by atoms with van der Waals surface area (Å²) in [7, 11) is 0. The highest BCUT2D eigenvalue weighted by molar-refractivity contribution is 5.07. The second-order valence-corrected chi connectivity index (χ2v) is 5.58. The molecule has 0 unspecified atom stereocenters. The molecule has 0 bridgehead atoms. The number of rotatable bonds is 3. The van der Waals surface area contributed by atoms with E-state index < -0.39 is 0 Å². The summed E-state index contributed by atoms with van der Waals surface area (Å²) in [4.78, 5) is 0. The van der Waals surface area contributed by atoms with E-state index in [4.69, 9.17) is 0 Å². The predicted molar refractivity (Wildman–Crippen MR) is 57.3 cm³/mol. The quantitative estimate of drug-likeness (QED) is 0.547. The minimum absolute atomic E-state index is 0.299. The maximum absolute atomic E-state index is 4.13.